The van der Waals surface area contributed by atoms with E-state index in [1.165, 1.54) is 0 Å². The minimum atomic E-state index is -4.51. The van der Waals surface area contributed by atoms with Gasteiger partial charge >= 0.3 is 6.18 Å². The van der Waals surface area contributed by atoms with Gasteiger partial charge in [0, 0.05) is 12.6 Å². The van der Waals surface area contributed by atoms with E-state index in [-0.39, 0.29) is 12.6 Å². The van der Waals surface area contributed by atoms with E-state index < -0.39 is 17.9 Å². The fraction of sp³-hybridized carbons (Fsp3) is 0.900. The van der Waals surface area contributed by atoms with Crippen LogP contribution in [0, 0.1) is 11.8 Å². The van der Waals surface area contributed by atoms with Crippen LogP contribution in [0.3, 0.4) is 0 Å². The number of alkyl halides is 3. The van der Waals surface area contributed by atoms with E-state index in [2.05, 4.69) is 10.5 Å². The van der Waals surface area contributed by atoms with Crippen LogP contribution in [0.5, 0.6) is 0 Å². The molecule has 0 aromatic rings. The van der Waals surface area contributed by atoms with Crippen molar-refractivity contribution in [3.05, 3.63) is 0 Å². The van der Waals surface area contributed by atoms with Gasteiger partial charge in [0.1, 0.15) is 5.92 Å². The number of hydrogen-bond donors (Lipinski definition) is 3. The number of nitrogens with zero attached hydrogens (tertiary/aromatic N) is 1. The predicted octanol–water partition coefficient (Wildman–Crippen LogP) is 1.94. The smallest absolute Gasteiger partial charge is 0.400 e. The van der Waals surface area contributed by atoms with E-state index in [1.807, 2.05) is 13.8 Å². The first kappa shape index (κ1) is 16.0. The molecule has 0 aromatic heterocycles. The van der Waals surface area contributed by atoms with Gasteiger partial charge in [-0.05, 0) is 19.3 Å². The third kappa shape index (κ3) is 6.35. The molecule has 2 atom stereocenters. The Morgan fingerprint density at radius 2 is 1.88 bits per heavy atom. The lowest BCUT2D eigenvalue weighted by molar-refractivity contribution is -0.155. The SMILES string of the molecule is CC(C)CC(C)NCC(C(N)=NO)C(F)(F)F. The molecule has 17 heavy (non-hydrogen) atoms. The molecule has 0 aliphatic heterocycles. The zero-order chi connectivity index (χ0) is 13.6. The Balaban J connectivity index is 4.38. The molecule has 0 saturated carbocycles. The molecule has 0 heterocycles. The van der Waals surface area contributed by atoms with E-state index in [0.29, 0.717) is 5.92 Å². The monoisotopic (exact) mass is 255 g/mol. The van der Waals surface area contributed by atoms with Crippen molar-refractivity contribution in [1.29, 1.82) is 0 Å². The van der Waals surface area contributed by atoms with Crippen molar-refractivity contribution in [1.82, 2.24) is 5.32 Å². The molecule has 0 aliphatic carbocycles. The fourth-order valence-electron chi connectivity index (χ4n) is 1.57. The van der Waals surface area contributed by atoms with Crippen molar-refractivity contribution < 1.29 is 18.4 Å². The molecule has 0 spiro atoms. The highest BCUT2D eigenvalue weighted by atomic mass is 19.4. The van der Waals surface area contributed by atoms with Crippen LogP contribution in [0.2, 0.25) is 0 Å². The van der Waals surface area contributed by atoms with Gasteiger partial charge in [0.05, 0.1) is 0 Å². The van der Waals surface area contributed by atoms with Gasteiger partial charge in [-0.15, -0.1) is 0 Å². The van der Waals surface area contributed by atoms with Crippen LogP contribution in [-0.4, -0.2) is 29.8 Å². The molecule has 2 unspecified atom stereocenters. The number of nitrogens with one attached hydrogen (secondary N) is 1. The lowest BCUT2D eigenvalue weighted by atomic mass is 10.0. The molecule has 0 aromatic carbocycles. The van der Waals surface area contributed by atoms with Gasteiger partial charge < -0.3 is 16.3 Å². The van der Waals surface area contributed by atoms with Crippen LogP contribution < -0.4 is 11.1 Å². The summed E-state index contributed by atoms with van der Waals surface area (Å²) in [6.45, 7) is 5.40. The molecule has 0 aliphatic rings. The normalized spacial score (nSPS) is 17.2. The summed E-state index contributed by atoms with van der Waals surface area (Å²) in [6, 6.07) is -0.0497. The third-order valence-corrected chi connectivity index (χ3v) is 2.36. The van der Waals surface area contributed by atoms with E-state index in [4.69, 9.17) is 10.9 Å². The summed E-state index contributed by atoms with van der Waals surface area (Å²) in [4.78, 5) is 0. The highest BCUT2D eigenvalue weighted by Gasteiger charge is 2.42. The average Bonchev–Trinajstić information content (AvgIpc) is 2.14. The molecular formula is C10H20F3N3O. The van der Waals surface area contributed by atoms with Crippen molar-refractivity contribution in [2.75, 3.05) is 6.54 Å². The van der Waals surface area contributed by atoms with Crippen LogP contribution in [0.1, 0.15) is 27.2 Å². The molecule has 0 radical (unpaired) electrons. The molecule has 0 fully saturated rings. The van der Waals surface area contributed by atoms with Gasteiger partial charge in [-0.3, -0.25) is 0 Å². The molecule has 0 bridgehead atoms. The lowest BCUT2D eigenvalue weighted by Crippen LogP contribution is -2.45. The Kier molecular flexibility index (Phi) is 6.30. The molecule has 7 heteroatoms. The number of oxime groups is 1. The molecule has 4 nitrogen and oxygen atoms in total. The van der Waals surface area contributed by atoms with Gasteiger partial charge in [-0.2, -0.15) is 13.2 Å². The molecule has 0 rings (SSSR count). The second-order valence-electron chi connectivity index (χ2n) is 4.56. The zero-order valence-corrected chi connectivity index (χ0v) is 10.3. The van der Waals surface area contributed by atoms with E-state index >= 15 is 0 Å². The predicted molar refractivity (Wildman–Crippen MR) is 59.9 cm³/mol. The number of halogens is 3. The van der Waals surface area contributed by atoms with Gasteiger partial charge in [-0.1, -0.05) is 19.0 Å². The summed E-state index contributed by atoms with van der Waals surface area (Å²) in [5.41, 5.74) is 5.03. The van der Waals surface area contributed by atoms with Crippen molar-refractivity contribution in [3.8, 4) is 0 Å². The van der Waals surface area contributed by atoms with Crippen molar-refractivity contribution in [3.63, 3.8) is 0 Å². The molecule has 4 N–H and O–H groups in total. The summed E-state index contributed by atoms with van der Waals surface area (Å²) < 4.78 is 37.7. The molecule has 0 saturated heterocycles. The van der Waals surface area contributed by atoms with E-state index in [1.54, 1.807) is 6.92 Å². The lowest BCUT2D eigenvalue weighted by Gasteiger charge is -2.22. The van der Waals surface area contributed by atoms with Crippen molar-refractivity contribution >= 4 is 5.84 Å². The van der Waals surface area contributed by atoms with Crippen molar-refractivity contribution in [2.45, 2.75) is 39.4 Å². The molecule has 102 valence electrons. The number of hydrogen-bond acceptors (Lipinski definition) is 3. The fourth-order valence-corrected chi connectivity index (χ4v) is 1.57. The van der Waals surface area contributed by atoms with Gasteiger partial charge in [0.2, 0.25) is 0 Å². The third-order valence-electron chi connectivity index (χ3n) is 2.36. The molecular weight excluding hydrogens is 235 g/mol. The highest BCUT2D eigenvalue weighted by molar-refractivity contribution is 5.83. The summed E-state index contributed by atoms with van der Waals surface area (Å²) in [5.74, 6) is -2.38. The first-order valence-electron chi connectivity index (χ1n) is 5.46. The Morgan fingerprint density at radius 1 is 1.35 bits per heavy atom. The second kappa shape index (κ2) is 6.68. The first-order chi connectivity index (χ1) is 7.68. The zero-order valence-electron chi connectivity index (χ0n) is 10.3. The maximum Gasteiger partial charge on any atom is 0.400 e. The highest BCUT2D eigenvalue weighted by Crippen LogP contribution is 2.26. The van der Waals surface area contributed by atoms with E-state index in [0.717, 1.165) is 6.42 Å². The maximum absolute atomic E-state index is 12.6. The summed E-state index contributed by atoms with van der Waals surface area (Å²) in [6.07, 6.45) is -3.75. The van der Waals surface area contributed by atoms with Crippen LogP contribution >= 0.6 is 0 Å². The minimum absolute atomic E-state index is 0.0497. The van der Waals surface area contributed by atoms with Gasteiger partial charge in [-0.25, -0.2) is 0 Å². The summed E-state index contributed by atoms with van der Waals surface area (Å²) in [7, 11) is 0. The van der Waals surface area contributed by atoms with Crippen LogP contribution in [0.4, 0.5) is 13.2 Å². The Labute approximate surface area is 99.1 Å². The van der Waals surface area contributed by atoms with Crippen LogP contribution in [-0.2, 0) is 0 Å². The Hall–Kier alpha value is -0.980. The van der Waals surface area contributed by atoms with Gasteiger partial charge in [0.15, 0.2) is 5.84 Å². The Bertz CT molecular complexity index is 254. The standard InChI is InChI=1S/C10H20F3N3O/c1-6(2)4-7(3)15-5-8(9(14)16-17)10(11,12)13/h6-8,15,17H,4-5H2,1-3H3,(H2,14,16). The van der Waals surface area contributed by atoms with Gasteiger partial charge in [0.25, 0.3) is 0 Å². The minimum Gasteiger partial charge on any atom is -0.409 e. The maximum atomic E-state index is 12.6. The molecule has 0 amide bonds. The second-order valence-corrected chi connectivity index (χ2v) is 4.56. The van der Waals surface area contributed by atoms with Crippen molar-refractivity contribution in [2.24, 2.45) is 22.7 Å². The number of amidine groups is 1. The number of rotatable bonds is 6. The van der Waals surface area contributed by atoms with Crippen LogP contribution in [0.25, 0.3) is 0 Å². The topological polar surface area (TPSA) is 70.6 Å². The Morgan fingerprint density at radius 3 is 2.24 bits per heavy atom. The van der Waals surface area contributed by atoms with Crippen LogP contribution in [0.15, 0.2) is 5.16 Å². The first-order valence-corrected chi connectivity index (χ1v) is 5.46. The van der Waals surface area contributed by atoms with E-state index in [9.17, 15) is 13.2 Å². The average molecular weight is 255 g/mol. The summed E-state index contributed by atoms with van der Waals surface area (Å²) >= 11 is 0. The summed E-state index contributed by atoms with van der Waals surface area (Å²) in [5, 5.41) is 13.5. The largest absolute Gasteiger partial charge is 0.409 e. The number of nitrogens with two attached hydrogens (primary N) is 1. The quantitative estimate of drug-likeness (QED) is 0.294.